The van der Waals surface area contributed by atoms with Crippen LogP contribution in [-0.4, -0.2) is 21.8 Å². The topological polar surface area (TPSA) is 50.2 Å². The van der Waals surface area contributed by atoms with Crippen LogP contribution in [0.1, 0.15) is 20.3 Å². The minimum absolute atomic E-state index is 0.621. The molecule has 5 heteroatoms. The fourth-order valence-electron chi connectivity index (χ4n) is 0.987. The number of halogens is 1. The van der Waals surface area contributed by atoms with Crippen molar-refractivity contribution in [2.75, 3.05) is 5.75 Å². The zero-order valence-electron chi connectivity index (χ0n) is 9.24. The summed E-state index contributed by atoms with van der Waals surface area (Å²) in [4.78, 5) is 15.1. The van der Waals surface area contributed by atoms with Gasteiger partial charge in [-0.05, 0) is 48.3 Å². The third-order valence-electron chi connectivity index (χ3n) is 2.27. The summed E-state index contributed by atoms with van der Waals surface area (Å²) in [6.07, 6.45) is 2.35. The summed E-state index contributed by atoms with van der Waals surface area (Å²) in [6.45, 7) is 3.48. The Kier molecular flexibility index (Phi) is 4.80. The minimum Gasteiger partial charge on any atom is -0.481 e. The van der Waals surface area contributed by atoms with Crippen molar-refractivity contribution in [2.24, 2.45) is 5.41 Å². The predicted molar refractivity (Wildman–Crippen MR) is 68.7 cm³/mol. The van der Waals surface area contributed by atoms with E-state index < -0.39 is 11.4 Å². The molecule has 88 valence electrons. The molecule has 0 aliphatic carbocycles. The number of aliphatic carboxylic acids is 1. The van der Waals surface area contributed by atoms with Crippen LogP contribution in [0.15, 0.2) is 27.8 Å². The van der Waals surface area contributed by atoms with Crippen LogP contribution in [0.25, 0.3) is 0 Å². The van der Waals surface area contributed by atoms with Crippen molar-refractivity contribution in [1.82, 2.24) is 4.98 Å². The number of rotatable bonds is 5. The summed E-state index contributed by atoms with van der Waals surface area (Å²) in [6, 6.07) is 3.78. The summed E-state index contributed by atoms with van der Waals surface area (Å²) >= 11 is 4.98. The van der Waals surface area contributed by atoms with Crippen LogP contribution < -0.4 is 0 Å². The standard InChI is InChI=1S/C11H14BrNO2S/c1-11(2,10(14)15)5-7-16-9-8(12)4-3-6-13-9/h3-4,6H,5,7H2,1-2H3,(H,14,15). The van der Waals surface area contributed by atoms with E-state index in [2.05, 4.69) is 20.9 Å². The monoisotopic (exact) mass is 303 g/mol. The highest BCUT2D eigenvalue weighted by molar-refractivity contribution is 9.10. The molecule has 0 unspecified atom stereocenters. The molecule has 0 saturated heterocycles. The van der Waals surface area contributed by atoms with E-state index in [1.54, 1.807) is 31.8 Å². The number of hydrogen-bond donors (Lipinski definition) is 1. The molecule has 0 atom stereocenters. The Labute approximate surface area is 108 Å². The largest absolute Gasteiger partial charge is 0.481 e. The van der Waals surface area contributed by atoms with Crippen LogP contribution in [0.2, 0.25) is 0 Å². The lowest BCUT2D eigenvalue weighted by molar-refractivity contribution is -0.146. The molecular weight excluding hydrogens is 290 g/mol. The molecule has 0 bridgehead atoms. The maximum absolute atomic E-state index is 10.9. The van der Waals surface area contributed by atoms with Crippen molar-refractivity contribution in [1.29, 1.82) is 0 Å². The Morgan fingerprint density at radius 2 is 2.31 bits per heavy atom. The molecule has 1 rings (SSSR count). The van der Waals surface area contributed by atoms with Gasteiger partial charge in [-0.2, -0.15) is 0 Å². The molecule has 1 aromatic heterocycles. The molecule has 0 aromatic carbocycles. The van der Waals surface area contributed by atoms with Crippen molar-refractivity contribution >= 4 is 33.7 Å². The number of hydrogen-bond acceptors (Lipinski definition) is 3. The fraction of sp³-hybridized carbons (Fsp3) is 0.455. The average molecular weight is 304 g/mol. The van der Waals surface area contributed by atoms with E-state index in [4.69, 9.17) is 5.11 Å². The fourth-order valence-corrected chi connectivity index (χ4v) is 2.73. The first kappa shape index (κ1) is 13.5. The molecule has 0 amide bonds. The molecule has 0 aliphatic rings. The first-order valence-corrected chi connectivity index (χ1v) is 6.68. The molecule has 1 aromatic rings. The first-order chi connectivity index (χ1) is 7.43. The number of carboxylic acid groups (broad SMARTS) is 1. The van der Waals surface area contributed by atoms with Crippen LogP contribution >= 0.6 is 27.7 Å². The predicted octanol–water partition coefficient (Wildman–Crippen LogP) is 3.44. The van der Waals surface area contributed by atoms with Gasteiger partial charge < -0.3 is 5.11 Å². The Morgan fingerprint density at radius 1 is 1.62 bits per heavy atom. The summed E-state index contributed by atoms with van der Waals surface area (Å²) in [7, 11) is 0. The van der Waals surface area contributed by atoms with Gasteiger partial charge in [0.2, 0.25) is 0 Å². The van der Waals surface area contributed by atoms with Gasteiger partial charge in [0, 0.05) is 16.4 Å². The summed E-state index contributed by atoms with van der Waals surface area (Å²) < 4.78 is 0.952. The normalized spacial score (nSPS) is 11.4. The Morgan fingerprint density at radius 3 is 2.88 bits per heavy atom. The van der Waals surface area contributed by atoms with Gasteiger partial charge in [-0.25, -0.2) is 4.98 Å². The van der Waals surface area contributed by atoms with E-state index in [1.165, 1.54) is 0 Å². The number of aromatic nitrogens is 1. The van der Waals surface area contributed by atoms with Gasteiger partial charge in [0.1, 0.15) is 5.03 Å². The van der Waals surface area contributed by atoms with Gasteiger partial charge in [-0.3, -0.25) is 4.79 Å². The van der Waals surface area contributed by atoms with E-state index >= 15 is 0 Å². The molecule has 3 nitrogen and oxygen atoms in total. The zero-order chi connectivity index (χ0) is 12.2. The highest BCUT2D eigenvalue weighted by Crippen LogP contribution is 2.29. The van der Waals surface area contributed by atoms with Crippen molar-refractivity contribution < 1.29 is 9.90 Å². The van der Waals surface area contributed by atoms with Crippen molar-refractivity contribution in [2.45, 2.75) is 25.3 Å². The second-order valence-electron chi connectivity index (χ2n) is 4.08. The Balaban J connectivity index is 2.48. The van der Waals surface area contributed by atoms with Gasteiger partial charge >= 0.3 is 5.97 Å². The maximum Gasteiger partial charge on any atom is 0.309 e. The zero-order valence-corrected chi connectivity index (χ0v) is 11.6. The Bertz CT molecular complexity index is 382. The smallest absolute Gasteiger partial charge is 0.309 e. The second kappa shape index (κ2) is 5.68. The summed E-state index contributed by atoms with van der Waals surface area (Å²) in [5, 5.41) is 9.87. The van der Waals surface area contributed by atoms with Crippen LogP contribution in [0.3, 0.4) is 0 Å². The lowest BCUT2D eigenvalue weighted by Crippen LogP contribution is -2.24. The van der Waals surface area contributed by atoms with Crippen molar-refractivity contribution in [3.8, 4) is 0 Å². The number of pyridine rings is 1. The number of carboxylic acids is 1. The third-order valence-corrected chi connectivity index (χ3v) is 4.18. The highest BCUT2D eigenvalue weighted by atomic mass is 79.9. The highest BCUT2D eigenvalue weighted by Gasteiger charge is 2.26. The van der Waals surface area contributed by atoms with Crippen LogP contribution in [0.5, 0.6) is 0 Å². The number of nitrogens with zero attached hydrogens (tertiary/aromatic N) is 1. The lowest BCUT2D eigenvalue weighted by Gasteiger charge is -2.18. The quantitative estimate of drug-likeness (QED) is 0.847. The minimum atomic E-state index is -0.756. The van der Waals surface area contributed by atoms with E-state index in [-0.39, 0.29) is 0 Å². The van der Waals surface area contributed by atoms with Gasteiger partial charge in [0.15, 0.2) is 0 Å². The van der Waals surface area contributed by atoms with E-state index in [0.717, 1.165) is 15.3 Å². The molecule has 0 aliphatic heterocycles. The van der Waals surface area contributed by atoms with Gasteiger partial charge in [-0.1, -0.05) is 0 Å². The first-order valence-electron chi connectivity index (χ1n) is 4.90. The van der Waals surface area contributed by atoms with Crippen LogP contribution in [-0.2, 0) is 4.79 Å². The molecule has 0 spiro atoms. The summed E-state index contributed by atoms with van der Waals surface area (Å²) in [5.74, 6) is -0.0114. The van der Waals surface area contributed by atoms with Crippen LogP contribution in [0, 0.1) is 5.41 Å². The van der Waals surface area contributed by atoms with E-state index in [1.807, 2.05) is 12.1 Å². The molecule has 0 fully saturated rings. The van der Waals surface area contributed by atoms with Crippen molar-refractivity contribution in [3.05, 3.63) is 22.8 Å². The summed E-state index contributed by atoms with van der Waals surface area (Å²) in [5.41, 5.74) is -0.672. The Hall–Kier alpha value is -0.550. The van der Waals surface area contributed by atoms with Gasteiger partial charge in [-0.15, -0.1) is 11.8 Å². The number of carbonyl (C=O) groups is 1. The van der Waals surface area contributed by atoms with Crippen molar-refractivity contribution in [3.63, 3.8) is 0 Å². The second-order valence-corrected chi connectivity index (χ2v) is 6.02. The van der Waals surface area contributed by atoms with Crippen LogP contribution in [0.4, 0.5) is 0 Å². The molecule has 1 N–H and O–H groups in total. The molecule has 16 heavy (non-hydrogen) atoms. The SMILES string of the molecule is CC(C)(CCSc1ncccc1Br)C(=O)O. The lowest BCUT2D eigenvalue weighted by atomic mass is 9.91. The molecule has 1 heterocycles. The van der Waals surface area contributed by atoms with Gasteiger partial charge in [0.25, 0.3) is 0 Å². The average Bonchev–Trinajstić information content (AvgIpc) is 2.20. The molecule has 0 radical (unpaired) electrons. The molecular formula is C11H14BrNO2S. The number of thioether (sulfide) groups is 1. The van der Waals surface area contributed by atoms with E-state index in [0.29, 0.717) is 6.42 Å². The third kappa shape index (κ3) is 3.79. The molecule has 0 saturated carbocycles. The van der Waals surface area contributed by atoms with Gasteiger partial charge in [0.05, 0.1) is 5.41 Å². The maximum atomic E-state index is 10.9. The van der Waals surface area contributed by atoms with E-state index in [9.17, 15) is 4.79 Å².